The minimum absolute atomic E-state index is 0.336. The number of carbonyl (C=O) groups excluding carboxylic acids is 2. The normalized spacial score (nSPS) is 8.70. The highest BCUT2D eigenvalue weighted by Gasteiger charge is 2.11. The van der Waals surface area contributed by atoms with Crippen molar-refractivity contribution < 1.29 is 9.59 Å². The van der Waals surface area contributed by atoms with E-state index in [2.05, 4.69) is 0 Å². The molecule has 4 heteroatoms. The van der Waals surface area contributed by atoms with E-state index in [0.717, 1.165) is 4.90 Å². The van der Waals surface area contributed by atoms with Crippen molar-refractivity contribution in [2.75, 3.05) is 20.6 Å². The van der Waals surface area contributed by atoms with Crippen LogP contribution in [-0.4, -0.2) is 42.9 Å². The molecule has 0 saturated heterocycles. The van der Waals surface area contributed by atoms with Gasteiger partial charge in [0.1, 0.15) is 0 Å². The molecule has 0 aromatic rings. The molecule has 0 aliphatic rings. The zero-order chi connectivity index (χ0) is 8.15. The SMILES string of the molecule is CCN([C]=O)C(=O)N(C)C. The lowest BCUT2D eigenvalue weighted by molar-refractivity contribution is 0.194. The minimum Gasteiger partial charge on any atom is -0.330 e. The maximum Gasteiger partial charge on any atom is 0.326 e. The molecule has 0 saturated carbocycles. The van der Waals surface area contributed by atoms with Gasteiger partial charge in [0.15, 0.2) is 0 Å². The summed E-state index contributed by atoms with van der Waals surface area (Å²) in [6.45, 7) is 2.08. The smallest absolute Gasteiger partial charge is 0.326 e. The number of nitrogens with zero attached hydrogens (tertiary/aromatic N) is 2. The van der Waals surface area contributed by atoms with Crippen LogP contribution in [0.3, 0.4) is 0 Å². The van der Waals surface area contributed by atoms with Gasteiger partial charge in [0, 0.05) is 20.6 Å². The minimum atomic E-state index is -0.336. The van der Waals surface area contributed by atoms with Gasteiger partial charge in [-0.15, -0.1) is 0 Å². The average molecular weight is 143 g/mol. The number of rotatable bonds is 2. The molecule has 0 heterocycles. The van der Waals surface area contributed by atoms with Crippen molar-refractivity contribution in [3.05, 3.63) is 0 Å². The fraction of sp³-hybridized carbons (Fsp3) is 0.667. The molecular formula is C6H11N2O2. The second-order valence-electron chi connectivity index (χ2n) is 2.01. The Hall–Kier alpha value is -1.06. The van der Waals surface area contributed by atoms with Gasteiger partial charge in [-0.2, -0.15) is 0 Å². The molecule has 0 aromatic carbocycles. The molecule has 0 fully saturated rings. The first-order valence-corrected chi connectivity index (χ1v) is 3.00. The summed E-state index contributed by atoms with van der Waals surface area (Å²) < 4.78 is 0. The van der Waals surface area contributed by atoms with Gasteiger partial charge < -0.3 is 4.90 Å². The lowest BCUT2D eigenvalue weighted by Crippen LogP contribution is -2.37. The van der Waals surface area contributed by atoms with Gasteiger partial charge in [0.05, 0.1) is 0 Å². The van der Waals surface area contributed by atoms with E-state index in [4.69, 9.17) is 0 Å². The van der Waals surface area contributed by atoms with E-state index in [1.807, 2.05) is 0 Å². The van der Waals surface area contributed by atoms with Gasteiger partial charge in [0.2, 0.25) is 0 Å². The Kier molecular flexibility index (Phi) is 3.46. The molecule has 0 atom stereocenters. The Labute approximate surface area is 60.4 Å². The van der Waals surface area contributed by atoms with Gasteiger partial charge in [-0.1, -0.05) is 0 Å². The standard InChI is InChI=1S/C6H11N2O2/c1-4-8(5-9)6(10)7(2)3/h4H2,1-3H3. The van der Waals surface area contributed by atoms with Crippen molar-refractivity contribution in [2.45, 2.75) is 6.92 Å². The molecule has 0 bridgehead atoms. The van der Waals surface area contributed by atoms with Crippen LogP contribution in [0.5, 0.6) is 0 Å². The van der Waals surface area contributed by atoms with Crippen molar-refractivity contribution in [3.8, 4) is 0 Å². The quantitative estimate of drug-likeness (QED) is 0.513. The Balaban J connectivity index is 4.02. The topological polar surface area (TPSA) is 40.6 Å². The van der Waals surface area contributed by atoms with Crippen LogP contribution in [0.25, 0.3) is 0 Å². The predicted molar refractivity (Wildman–Crippen MR) is 37.2 cm³/mol. The summed E-state index contributed by atoms with van der Waals surface area (Å²) in [6.07, 6.45) is 1.52. The number of urea groups is 1. The van der Waals surface area contributed by atoms with E-state index in [1.165, 1.54) is 11.3 Å². The highest BCUT2D eigenvalue weighted by atomic mass is 16.2. The second-order valence-corrected chi connectivity index (χ2v) is 2.01. The lowest BCUT2D eigenvalue weighted by atomic mass is 10.6. The molecule has 0 spiro atoms. The van der Waals surface area contributed by atoms with E-state index in [0.29, 0.717) is 6.54 Å². The molecule has 0 aromatic heterocycles. The Morgan fingerprint density at radius 2 is 2.00 bits per heavy atom. The number of imide groups is 1. The third-order valence-corrected chi connectivity index (χ3v) is 1.04. The summed E-state index contributed by atoms with van der Waals surface area (Å²) in [6, 6.07) is -0.336. The summed E-state index contributed by atoms with van der Waals surface area (Å²) in [5.41, 5.74) is 0. The van der Waals surface area contributed by atoms with Crippen molar-refractivity contribution in [2.24, 2.45) is 0 Å². The first-order chi connectivity index (χ1) is 4.63. The highest BCUT2D eigenvalue weighted by Crippen LogP contribution is 1.88. The van der Waals surface area contributed by atoms with Gasteiger partial charge in [-0.25, -0.2) is 4.79 Å². The molecule has 3 amide bonds. The number of amides is 3. The number of hydrogen-bond acceptors (Lipinski definition) is 2. The van der Waals surface area contributed by atoms with Crippen LogP contribution in [0, 0.1) is 0 Å². The van der Waals surface area contributed by atoms with Crippen molar-refractivity contribution >= 4 is 12.4 Å². The zero-order valence-electron chi connectivity index (χ0n) is 6.42. The third-order valence-electron chi connectivity index (χ3n) is 1.04. The molecule has 0 aliphatic heterocycles. The van der Waals surface area contributed by atoms with Crippen LogP contribution in [-0.2, 0) is 4.79 Å². The van der Waals surface area contributed by atoms with Gasteiger partial charge in [-0.05, 0) is 6.92 Å². The molecule has 0 aliphatic carbocycles. The Morgan fingerprint density at radius 3 is 2.10 bits per heavy atom. The lowest BCUT2D eigenvalue weighted by Gasteiger charge is -2.16. The first-order valence-electron chi connectivity index (χ1n) is 3.00. The van der Waals surface area contributed by atoms with E-state index in [-0.39, 0.29) is 6.03 Å². The van der Waals surface area contributed by atoms with E-state index in [1.54, 1.807) is 21.0 Å². The van der Waals surface area contributed by atoms with Crippen LogP contribution < -0.4 is 0 Å². The molecule has 57 valence electrons. The zero-order valence-corrected chi connectivity index (χ0v) is 6.42. The van der Waals surface area contributed by atoms with Crippen LogP contribution in [0.2, 0.25) is 0 Å². The largest absolute Gasteiger partial charge is 0.330 e. The highest BCUT2D eigenvalue weighted by molar-refractivity contribution is 5.84. The maximum atomic E-state index is 10.9. The Morgan fingerprint density at radius 1 is 1.50 bits per heavy atom. The molecule has 1 radical (unpaired) electrons. The fourth-order valence-electron chi connectivity index (χ4n) is 0.480. The van der Waals surface area contributed by atoms with E-state index >= 15 is 0 Å². The van der Waals surface area contributed by atoms with Gasteiger partial charge >= 0.3 is 12.4 Å². The van der Waals surface area contributed by atoms with Gasteiger partial charge in [0.25, 0.3) is 0 Å². The summed E-state index contributed by atoms with van der Waals surface area (Å²) in [5.74, 6) is 0. The van der Waals surface area contributed by atoms with Crippen molar-refractivity contribution in [1.29, 1.82) is 0 Å². The molecule has 4 nitrogen and oxygen atoms in total. The molecule has 0 N–H and O–H groups in total. The van der Waals surface area contributed by atoms with Gasteiger partial charge in [-0.3, -0.25) is 9.69 Å². The maximum absolute atomic E-state index is 10.9. The number of hydrogen-bond donors (Lipinski definition) is 0. The van der Waals surface area contributed by atoms with Crippen LogP contribution in [0.15, 0.2) is 0 Å². The van der Waals surface area contributed by atoms with Crippen molar-refractivity contribution in [1.82, 2.24) is 9.80 Å². The van der Waals surface area contributed by atoms with Crippen LogP contribution in [0.1, 0.15) is 6.92 Å². The van der Waals surface area contributed by atoms with E-state index in [9.17, 15) is 9.59 Å². The Bertz CT molecular complexity index is 134. The molecule has 10 heavy (non-hydrogen) atoms. The van der Waals surface area contributed by atoms with Crippen molar-refractivity contribution in [3.63, 3.8) is 0 Å². The molecule has 0 rings (SSSR count). The van der Waals surface area contributed by atoms with E-state index < -0.39 is 0 Å². The fourth-order valence-corrected chi connectivity index (χ4v) is 0.480. The summed E-state index contributed by atoms with van der Waals surface area (Å²) in [7, 11) is 3.17. The second kappa shape index (κ2) is 3.87. The van der Waals surface area contributed by atoms with Crippen LogP contribution in [0.4, 0.5) is 4.79 Å². The van der Waals surface area contributed by atoms with Crippen LogP contribution >= 0.6 is 0 Å². The summed E-state index contributed by atoms with van der Waals surface area (Å²) in [4.78, 5) is 23.2. The first kappa shape index (κ1) is 8.94. The molecular weight excluding hydrogens is 132 g/mol. The number of carbonyl (C=O) groups is 1. The third kappa shape index (κ3) is 2.05. The predicted octanol–water partition coefficient (Wildman–Crippen LogP) is 0.0571. The summed E-state index contributed by atoms with van der Waals surface area (Å²) in [5, 5.41) is 0. The monoisotopic (exact) mass is 143 g/mol. The average Bonchev–Trinajstić information content (AvgIpc) is 1.90. The molecule has 0 unspecified atom stereocenters. The summed E-state index contributed by atoms with van der Waals surface area (Å²) >= 11 is 0.